The first-order valence-electron chi connectivity index (χ1n) is 4.98. The number of nitrogens with two attached hydrogens (primary N) is 1. The lowest BCUT2D eigenvalue weighted by Crippen LogP contribution is -2.33. The second-order valence-corrected chi connectivity index (χ2v) is 4.33. The summed E-state index contributed by atoms with van der Waals surface area (Å²) in [6.45, 7) is -0.177. The van der Waals surface area contributed by atoms with Gasteiger partial charge < -0.3 is 11.1 Å². The molecular formula is C11H12BrFN2O2. The summed E-state index contributed by atoms with van der Waals surface area (Å²) in [6, 6.07) is 4.29. The maximum atomic E-state index is 12.9. The SMILES string of the molecule is NC(=O)CNC(=O)CCc1cc(F)ccc1Br. The lowest BCUT2D eigenvalue weighted by atomic mass is 10.1. The van der Waals surface area contributed by atoms with Crippen LogP contribution in [0, 0.1) is 5.82 Å². The zero-order valence-electron chi connectivity index (χ0n) is 9.00. The summed E-state index contributed by atoms with van der Waals surface area (Å²) in [5.41, 5.74) is 5.59. The highest BCUT2D eigenvalue weighted by molar-refractivity contribution is 9.10. The fourth-order valence-corrected chi connectivity index (χ4v) is 1.70. The Morgan fingerprint density at radius 1 is 1.41 bits per heavy atom. The Kier molecular flexibility index (Phi) is 5.09. The number of amides is 2. The highest BCUT2D eigenvalue weighted by atomic mass is 79.9. The number of nitrogens with one attached hydrogen (secondary N) is 1. The monoisotopic (exact) mass is 302 g/mol. The van der Waals surface area contributed by atoms with Gasteiger partial charge in [-0.05, 0) is 30.2 Å². The van der Waals surface area contributed by atoms with Crippen molar-refractivity contribution >= 4 is 27.7 Å². The van der Waals surface area contributed by atoms with Crippen LogP contribution < -0.4 is 11.1 Å². The van der Waals surface area contributed by atoms with Crippen LogP contribution in [0.5, 0.6) is 0 Å². The summed E-state index contributed by atoms with van der Waals surface area (Å²) < 4.78 is 13.7. The standard InChI is InChI=1S/C11H12BrFN2O2/c12-9-3-2-8(13)5-7(9)1-4-11(17)15-6-10(14)16/h2-3,5H,1,4,6H2,(H2,14,16)(H,15,17). The number of benzene rings is 1. The molecular weight excluding hydrogens is 291 g/mol. The molecule has 0 radical (unpaired) electrons. The maximum Gasteiger partial charge on any atom is 0.236 e. The normalized spacial score (nSPS) is 10.0. The predicted molar refractivity (Wildman–Crippen MR) is 64.6 cm³/mol. The smallest absolute Gasteiger partial charge is 0.236 e. The molecule has 0 saturated heterocycles. The van der Waals surface area contributed by atoms with Crippen LogP contribution in [0.1, 0.15) is 12.0 Å². The van der Waals surface area contributed by atoms with E-state index in [1.54, 1.807) is 6.07 Å². The average Bonchev–Trinajstić information content (AvgIpc) is 2.27. The molecule has 0 spiro atoms. The number of halogens is 2. The lowest BCUT2D eigenvalue weighted by molar-refractivity contribution is -0.124. The van der Waals surface area contributed by atoms with Gasteiger partial charge in [0, 0.05) is 10.9 Å². The minimum atomic E-state index is -0.592. The van der Waals surface area contributed by atoms with Gasteiger partial charge in [-0.25, -0.2) is 4.39 Å². The summed E-state index contributed by atoms with van der Waals surface area (Å²) >= 11 is 3.27. The Bertz CT molecular complexity index is 437. The largest absolute Gasteiger partial charge is 0.368 e. The molecule has 0 aliphatic rings. The van der Waals surface area contributed by atoms with E-state index in [4.69, 9.17) is 5.73 Å². The van der Waals surface area contributed by atoms with Crippen molar-refractivity contribution in [3.8, 4) is 0 Å². The number of carbonyl (C=O) groups is 2. The summed E-state index contributed by atoms with van der Waals surface area (Å²) in [4.78, 5) is 21.7. The van der Waals surface area contributed by atoms with Gasteiger partial charge in [-0.15, -0.1) is 0 Å². The zero-order chi connectivity index (χ0) is 12.8. The van der Waals surface area contributed by atoms with Crippen LogP contribution in [0.2, 0.25) is 0 Å². The van der Waals surface area contributed by atoms with Gasteiger partial charge in [0.25, 0.3) is 0 Å². The molecule has 92 valence electrons. The number of primary amides is 1. The molecule has 4 nitrogen and oxygen atoms in total. The van der Waals surface area contributed by atoms with Crippen LogP contribution in [-0.2, 0) is 16.0 Å². The third kappa shape index (κ3) is 4.95. The van der Waals surface area contributed by atoms with Gasteiger partial charge in [0.15, 0.2) is 0 Å². The minimum Gasteiger partial charge on any atom is -0.368 e. The summed E-state index contributed by atoms with van der Waals surface area (Å²) in [7, 11) is 0. The van der Waals surface area contributed by atoms with Crippen LogP contribution in [0.15, 0.2) is 22.7 Å². The van der Waals surface area contributed by atoms with E-state index in [1.807, 2.05) is 0 Å². The van der Waals surface area contributed by atoms with Crippen LogP contribution >= 0.6 is 15.9 Å². The highest BCUT2D eigenvalue weighted by Crippen LogP contribution is 2.19. The Hall–Kier alpha value is -1.43. The molecule has 2 amide bonds. The van der Waals surface area contributed by atoms with Crippen molar-refractivity contribution in [2.45, 2.75) is 12.8 Å². The summed E-state index contributed by atoms with van der Waals surface area (Å²) in [5, 5.41) is 2.36. The van der Waals surface area contributed by atoms with Gasteiger partial charge in [0.2, 0.25) is 11.8 Å². The van der Waals surface area contributed by atoms with Gasteiger partial charge in [-0.3, -0.25) is 9.59 Å². The molecule has 17 heavy (non-hydrogen) atoms. The maximum absolute atomic E-state index is 12.9. The van der Waals surface area contributed by atoms with Gasteiger partial charge in [-0.1, -0.05) is 15.9 Å². The van der Waals surface area contributed by atoms with E-state index in [0.29, 0.717) is 12.0 Å². The van der Waals surface area contributed by atoms with Crippen LogP contribution in [0.3, 0.4) is 0 Å². The number of hydrogen-bond acceptors (Lipinski definition) is 2. The molecule has 0 bridgehead atoms. The molecule has 6 heteroatoms. The van der Waals surface area contributed by atoms with Crippen molar-refractivity contribution in [1.29, 1.82) is 0 Å². The van der Waals surface area contributed by atoms with E-state index in [1.165, 1.54) is 12.1 Å². The zero-order valence-corrected chi connectivity index (χ0v) is 10.6. The molecule has 1 rings (SSSR count). The highest BCUT2D eigenvalue weighted by Gasteiger charge is 2.06. The number of carbonyl (C=O) groups excluding carboxylic acids is 2. The second kappa shape index (κ2) is 6.34. The van der Waals surface area contributed by atoms with Crippen LogP contribution in [0.4, 0.5) is 4.39 Å². The molecule has 0 aliphatic carbocycles. The van der Waals surface area contributed by atoms with Crippen molar-refractivity contribution in [3.63, 3.8) is 0 Å². The topological polar surface area (TPSA) is 72.2 Å². The molecule has 0 heterocycles. The molecule has 0 aliphatic heterocycles. The third-order valence-corrected chi connectivity index (χ3v) is 2.86. The number of rotatable bonds is 5. The van der Waals surface area contributed by atoms with Crippen molar-refractivity contribution < 1.29 is 14.0 Å². The number of aryl methyl sites for hydroxylation is 1. The predicted octanol–water partition coefficient (Wildman–Crippen LogP) is 1.12. The molecule has 0 atom stereocenters. The molecule has 0 unspecified atom stereocenters. The van der Waals surface area contributed by atoms with E-state index in [9.17, 15) is 14.0 Å². The first-order valence-corrected chi connectivity index (χ1v) is 5.77. The molecule has 1 aromatic carbocycles. The Balaban J connectivity index is 2.47. The van der Waals surface area contributed by atoms with Gasteiger partial charge in [-0.2, -0.15) is 0 Å². The van der Waals surface area contributed by atoms with Crippen molar-refractivity contribution in [3.05, 3.63) is 34.1 Å². The average molecular weight is 303 g/mol. The van der Waals surface area contributed by atoms with Gasteiger partial charge in [0.1, 0.15) is 5.82 Å². The Morgan fingerprint density at radius 3 is 2.76 bits per heavy atom. The van der Waals surface area contributed by atoms with Crippen LogP contribution in [-0.4, -0.2) is 18.4 Å². The first-order chi connectivity index (χ1) is 7.99. The summed E-state index contributed by atoms with van der Waals surface area (Å²) in [6.07, 6.45) is 0.568. The second-order valence-electron chi connectivity index (χ2n) is 3.48. The van der Waals surface area contributed by atoms with Crippen molar-refractivity contribution in [2.24, 2.45) is 5.73 Å². The fourth-order valence-electron chi connectivity index (χ4n) is 1.26. The van der Waals surface area contributed by atoms with E-state index >= 15 is 0 Å². The number of hydrogen-bond donors (Lipinski definition) is 2. The van der Waals surface area contributed by atoms with Gasteiger partial charge in [0.05, 0.1) is 6.54 Å². The van der Waals surface area contributed by atoms with E-state index in [0.717, 1.165) is 4.47 Å². The van der Waals surface area contributed by atoms with E-state index in [2.05, 4.69) is 21.2 Å². The fraction of sp³-hybridized carbons (Fsp3) is 0.273. The van der Waals surface area contributed by atoms with E-state index < -0.39 is 5.91 Å². The quantitative estimate of drug-likeness (QED) is 0.855. The van der Waals surface area contributed by atoms with Gasteiger partial charge >= 0.3 is 0 Å². The third-order valence-electron chi connectivity index (χ3n) is 2.09. The Labute approximate surface area is 107 Å². The van der Waals surface area contributed by atoms with Crippen molar-refractivity contribution in [1.82, 2.24) is 5.32 Å². The summed E-state index contributed by atoms with van der Waals surface area (Å²) in [5.74, 6) is -1.23. The lowest BCUT2D eigenvalue weighted by Gasteiger charge is -2.05. The van der Waals surface area contributed by atoms with E-state index in [-0.39, 0.29) is 24.7 Å². The molecule has 1 aromatic rings. The molecule has 0 saturated carbocycles. The van der Waals surface area contributed by atoms with Crippen LogP contribution in [0.25, 0.3) is 0 Å². The first kappa shape index (κ1) is 13.6. The molecule has 0 fully saturated rings. The Morgan fingerprint density at radius 2 is 2.12 bits per heavy atom. The molecule has 3 N–H and O–H groups in total. The molecule has 0 aromatic heterocycles. The van der Waals surface area contributed by atoms with Crippen molar-refractivity contribution in [2.75, 3.05) is 6.54 Å². The minimum absolute atomic E-state index is 0.176.